The molecule has 0 aliphatic rings. The van der Waals surface area contributed by atoms with E-state index in [1.54, 1.807) is 0 Å². The van der Waals surface area contributed by atoms with Crippen LogP contribution in [0.15, 0.2) is 122 Å². The Hall–Kier alpha value is -4.19. The first kappa shape index (κ1) is 59.8. The minimum atomic E-state index is -0.806. The van der Waals surface area contributed by atoms with Gasteiger partial charge in [-0.3, -0.25) is 14.4 Å². The summed E-state index contributed by atoms with van der Waals surface area (Å²) in [7, 11) is 0. The molecule has 0 saturated heterocycles. The standard InChI is InChI=1S/C58H92O6/c1-4-7-10-13-16-18-20-22-24-26-27-28-29-30-31-33-34-36-38-40-42-45-48-51-57(60)63-54-55(53-62-56(59)50-47-44-15-12-9-6-3)64-58(61)52-49-46-43-41-39-37-35-32-25-23-21-19-17-14-11-8-5-2/h7-8,10-11,16-19,22-25,27-28,30-31,34,36,40,42,55H,4-6,9,12-15,20-21,26,29,32-33,35,37-39,41,43-54H2,1-3H3/b10-7-,11-8-,18-16-,19-17-,24-22-,25-23-,28-27-,31-30-,36-34-,42-40-. The van der Waals surface area contributed by atoms with Gasteiger partial charge in [0.15, 0.2) is 6.10 Å². The summed E-state index contributed by atoms with van der Waals surface area (Å²) < 4.78 is 16.6. The van der Waals surface area contributed by atoms with E-state index in [1.807, 2.05) is 0 Å². The molecule has 0 aromatic heterocycles. The molecule has 0 saturated carbocycles. The number of ether oxygens (including phenoxy) is 3. The van der Waals surface area contributed by atoms with Gasteiger partial charge in [-0.05, 0) is 103 Å². The molecular formula is C58H92O6. The fraction of sp³-hybridized carbons (Fsp3) is 0.603. The summed E-state index contributed by atoms with van der Waals surface area (Å²) in [4.78, 5) is 37.7. The van der Waals surface area contributed by atoms with E-state index >= 15 is 0 Å². The summed E-state index contributed by atoms with van der Waals surface area (Å²) in [6.07, 6.45) is 70.7. The fourth-order valence-electron chi connectivity index (χ4n) is 6.44. The van der Waals surface area contributed by atoms with Crippen molar-refractivity contribution < 1.29 is 28.6 Å². The third-order valence-electron chi connectivity index (χ3n) is 10.2. The van der Waals surface area contributed by atoms with Gasteiger partial charge in [0.25, 0.3) is 0 Å². The molecule has 0 amide bonds. The van der Waals surface area contributed by atoms with Gasteiger partial charge in [0, 0.05) is 19.3 Å². The molecule has 0 heterocycles. The largest absolute Gasteiger partial charge is 0.462 e. The van der Waals surface area contributed by atoms with Gasteiger partial charge >= 0.3 is 17.9 Å². The Morgan fingerprint density at radius 3 is 1.02 bits per heavy atom. The van der Waals surface area contributed by atoms with Gasteiger partial charge in [-0.15, -0.1) is 0 Å². The average molecular weight is 885 g/mol. The zero-order chi connectivity index (χ0) is 46.5. The van der Waals surface area contributed by atoms with Crippen molar-refractivity contribution in [1.82, 2.24) is 0 Å². The number of esters is 3. The van der Waals surface area contributed by atoms with Crippen molar-refractivity contribution in [3.8, 4) is 0 Å². The van der Waals surface area contributed by atoms with Crippen molar-refractivity contribution in [2.24, 2.45) is 0 Å². The summed E-state index contributed by atoms with van der Waals surface area (Å²) in [5, 5.41) is 0. The second kappa shape index (κ2) is 51.4. The van der Waals surface area contributed by atoms with E-state index in [0.717, 1.165) is 116 Å². The summed E-state index contributed by atoms with van der Waals surface area (Å²) in [6.45, 7) is 6.27. The maximum atomic E-state index is 12.7. The van der Waals surface area contributed by atoms with E-state index in [9.17, 15) is 14.4 Å². The number of hydrogen-bond donors (Lipinski definition) is 0. The Balaban J connectivity index is 4.36. The first-order valence-corrected chi connectivity index (χ1v) is 25.5. The van der Waals surface area contributed by atoms with Gasteiger partial charge in [0.1, 0.15) is 13.2 Å². The van der Waals surface area contributed by atoms with E-state index in [-0.39, 0.29) is 37.5 Å². The fourth-order valence-corrected chi connectivity index (χ4v) is 6.44. The summed E-state index contributed by atoms with van der Waals surface area (Å²) in [6, 6.07) is 0. The highest BCUT2D eigenvalue weighted by molar-refractivity contribution is 5.71. The molecule has 1 atom stereocenters. The molecule has 64 heavy (non-hydrogen) atoms. The third-order valence-corrected chi connectivity index (χ3v) is 10.2. The monoisotopic (exact) mass is 885 g/mol. The molecule has 0 aromatic rings. The van der Waals surface area contributed by atoms with Crippen LogP contribution in [0.25, 0.3) is 0 Å². The van der Waals surface area contributed by atoms with Gasteiger partial charge < -0.3 is 14.2 Å². The summed E-state index contributed by atoms with van der Waals surface area (Å²) in [5.41, 5.74) is 0. The molecule has 6 heteroatoms. The second-order valence-corrected chi connectivity index (χ2v) is 16.3. The first-order chi connectivity index (χ1) is 31.5. The molecule has 0 N–H and O–H groups in total. The highest BCUT2D eigenvalue weighted by Gasteiger charge is 2.19. The van der Waals surface area contributed by atoms with Crippen LogP contribution >= 0.6 is 0 Å². The van der Waals surface area contributed by atoms with Crippen molar-refractivity contribution in [3.63, 3.8) is 0 Å². The molecule has 0 bridgehead atoms. The van der Waals surface area contributed by atoms with Crippen LogP contribution in [0.2, 0.25) is 0 Å². The molecular weight excluding hydrogens is 793 g/mol. The highest BCUT2D eigenvalue weighted by atomic mass is 16.6. The van der Waals surface area contributed by atoms with Crippen LogP contribution in [-0.2, 0) is 28.6 Å². The Morgan fingerprint density at radius 2 is 0.625 bits per heavy atom. The van der Waals surface area contributed by atoms with Crippen LogP contribution in [0.3, 0.4) is 0 Å². The molecule has 6 nitrogen and oxygen atoms in total. The van der Waals surface area contributed by atoms with Crippen LogP contribution in [-0.4, -0.2) is 37.2 Å². The topological polar surface area (TPSA) is 78.9 Å². The zero-order valence-corrected chi connectivity index (χ0v) is 41.0. The maximum Gasteiger partial charge on any atom is 0.306 e. The van der Waals surface area contributed by atoms with Crippen molar-refractivity contribution in [1.29, 1.82) is 0 Å². The van der Waals surface area contributed by atoms with Gasteiger partial charge in [0.2, 0.25) is 0 Å². The molecule has 0 aliphatic carbocycles. The molecule has 1 unspecified atom stereocenters. The van der Waals surface area contributed by atoms with Crippen LogP contribution in [0, 0.1) is 0 Å². The number of carbonyl (C=O) groups is 3. The van der Waals surface area contributed by atoms with Gasteiger partial charge in [0.05, 0.1) is 0 Å². The van der Waals surface area contributed by atoms with Gasteiger partial charge in [-0.2, -0.15) is 0 Å². The lowest BCUT2D eigenvalue weighted by Gasteiger charge is -2.18. The minimum absolute atomic E-state index is 0.104. The quantitative estimate of drug-likeness (QED) is 0.0262. The van der Waals surface area contributed by atoms with Crippen molar-refractivity contribution in [3.05, 3.63) is 122 Å². The zero-order valence-electron chi connectivity index (χ0n) is 41.0. The van der Waals surface area contributed by atoms with Crippen LogP contribution in [0.1, 0.15) is 207 Å². The van der Waals surface area contributed by atoms with Crippen LogP contribution in [0.4, 0.5) is 0 Å². The second-order valence-electron chi connectivity index (χ2n) is 16.3. The molecule has 0 aromatic carbocycles. The van der Waals surface area contributed by atoms with Crippen LogP contribution in [0.5, 0.6) is 0 Å². The van der Waals surface area contributed by atoms with E-state index in [4.69, 9.17) is 14.2 Å². The average Bonchev–Trinajstić information content (AvgIpc) is 3.29. The lowest BCUT2D eigenvalue weighted by molar-refractivity contribution is -0.167. The Kier molecular flexibility index (Phi) is 48.1. The normalized spacial score (nSPS) is 13.1. The Bertz CT molecular complexity index is 1390. The van der Waals surface area contributed by atoms with E-state index < -0.39 is 6.10 Å². The van der Waals surface area contributed by atoms with Crippen LogP contribution < -0.4 is 0 Å². The molecule has 0 aliphatic heterocycles. The van der Waals surface area contributed by atoms with Crippen molar-refractivity contribution in [2.75, 3.05) is 13.2 Å². The number of hydrogen-bond acceptors (Lipinski definition) is 6. The Labute approximate surface area is 392 Å². The molecule has 0 radical (unpaired) electrons. The lowest BCUT2D eigenvalue weighted by atomic mass is 10.1. The number of allylic oxidation sites excluding steroid dienone is 20. The lowest BCUT2D eigenvalue weighted by Crippen LogP contribution is -2.30. The predicted molar refractivity (Wildman–Crippen MR) is 274 cm³/mol. The number of carbonyl (C=O) groups excluding carboxylic acids is 3. The van der Waals surface area contributed by atoms with E-state index in [0.29, 0.717) is 19.3 Å². The smallest absolute Gasteiger partial charge is 0.306 e. The van der Waals surface area contributed by atoms with Crippen molar-refractivity contribution in [2.45, 2.75) is 213 Å². The third kappa shape index (κ3) is 48.8. The minimum Gasteiger partial charge on any atom is -0.462 e. The molecule has 0 spiro atoms. The first-order valence-electron chi connectivity index (χ1n) is 25.5. The van der Waals surface area contributed by atoms with E-state index in [2.05, 4.69) is 142 Å². The van der Waals surface area contributed by atoms with Gasteiger partial charge in [-0.1, -0.05) is 206 Å². The molecule has 0 fully saturated rings. The predicted octanol–water partition coefficient (Wildman–Crippen LogP) is 16.9. The van der Waals surface area contributed by atoms with Gasteiger partial charge in [-0.25, -0.2) is 0 Å². The highest BCUT2D eigenvalue weighted by Crippen LogP contribution is 2.13. The van der Waals surface area contributed by atoms with E-state index in [1.165, 1.54) is 44.9 Å². The number of rotatable bonds is 44. The molecule has 360 valence electrons. The Morgan fingerprint density at radius 1 is 0.328 bits per heavy atom. The summed E-state index contributed by atoms with van der Waals surface area (Å²) in [5.74, 6) is -0.994. The number of unbranched alkanes of at least 4 members (excludes halogenated alkanes) is 13. The molecule has 0 rings (SSSR count). The summed E-state index contributed by atoms with van der Waals surface area (Å²) >= 11 is 0. The maximum absolute atomic E-state index is 12.7. The SMILES string of the molecule is CC/C=C\C/C=C\C/C=C\C/C=C\C/C=C\C/C=C\C/C=C\CCCC(=O)OCC(COC(=O)CCCCCCCC)OC(=O)CCCCCCCCC/C=C\C/C=C\C/C=C\CC. The van der Waals surface area contributed by atoms with Crippen molar-refractivity contribution >= 4 is 17.9 Å².